The van der Waals surface area contributed by atoms with Crippen LogP contribution in [-0.4, -0.2) is 56.8 Å². The van der Waals surface area contributed by atoms with Gasteiger partial charge in [0.15, 0.2) is 5.96 Å². The Morgan fingerprint density at radius 3 is 2.70 bits per heavy atom. The number of methoxy groups -OCH3 is 1. The number of nitrogens with zero attached hydrogens (tertiary/aromatic N) is 3. The number of unbranched alkanes of at least 4 members (excludes halogenated alkanes) is 1. The molecule has 0 atom stereocenters. The summed E-state index contributed by atoms with van der Waals surface area (Å²) >= 11 is 0. The highest BCUT2D eigenvalue weighted by Crippen LogP contribution is 2.07. The van der Waals surface area contributed by atoms with Gasteiger partial charge in [0.2, 0.25) is 5.88 Å². The number of aromatic nitrogens is 1. The van der Waals surface area contributed by atoms with Crippen LogP contribution in [0.2, 0.25) is 0 Å². The van der Waals surface area contributed by atoms with Crippen molar-refractivity contribution in [1.29, 1.82) is 0 Å². The summed E-state index contributed by atoms with van der Waals surface area (Å²) in [6.45, 7) is 4.95. The summed E-state index contributed by atoms with van der Waals surface area (Å²) in [5, 5.41) is 3.34. The highest BCUT2D eigenvalue weighted by atomic mass is 127. The number of hydrogen-bond donors (Lipinski definition) is 1. The predicted molar refractivity (Wildman–Crippen MR) is 105 cm³/mol. The van der Waals surface area contributed by atoms with Crippen LogP contribution in [0.3, 0.4) is 0 Å². The standard InChI is InChI=1S/C16H28N4O2.HI/c1-5-6-9-20(3)16(17-2)19-13-14-7-8-15(18-12-14)22-11-10-21-4;/h7-8,12H,5-6,9-11,13H2,1-4H3,(H,17,19);1H. The molecule has 0 amide bonds. The van der Waals surface area contributed by atoms with Gasteiger partial charge in [-0.05, 0) is 12.0 Å². The predicted octanol–water partition coefficient (Wildman–Crippen LogP) is 2.53. The van der Waals surface area contributed by atoms with Gasteiger partial charge in [-0.15, -0.1) is 24.0 Å². The summed E-state index contributed by atoms with van der Waals surface area (Å²) in [6.07, 6.45) is 4.15. The molecular formula is C16H29IN4O2. The second kappa shape index (κ2) is 13.4. The lowest BCUT2D eigenvalue weighted by atomic mass is 10.3. The minimum absolute atomic E-state index is 0. The van der Waals surface area contributed by atoms with Gasteiger partial charge >= 0.3 is 0 Å². The fraction of sp³-hybridized carbons (Fsp3) is 0.625. The lowest BCUT2D eigenvalue weighted by Crippen LogP contribution is -2.38. The monoisotopic (exact) mass is 436 g/mol. The van der Waals surface area contributed by atoms with Gasteiger partial charge in [0.25, 0.3) is 0 Å². The first-order valence-electron chi connectivity index (χ1n) is 7.69. The normalized spacial score (nSPS) is 10.9. The zero-order chi connectivity index (χ0) is 16.2. The Bertz CT molecular complexity index is 440. The highest BCUT2D eigenvalue weighted by Gasteiger charge is 2.05. The average molecular weight is 436 g/mol. The Morgan fingerprint density at radius 1 is 1.35 bits per heavy atom. The van der Waals surface area contributed by atoms with Crippen LogP contribution in [0.4, 0.5) is 0 Å². The summed E-state index contributed by atoms with van der Waals surface area (Å²) in [5.74, 6) is 1.51. The van der Waals surface area contributed by atoms with E-state index in [2.05, 4.69) is 34.2 Å². The van der Waals surface area contributed by atoms with E-state index in [1.807, 2.05) is 18.3 Å². The molecule has 1 aromatic rings. The molecule has 1 aromatic heterocycles. The molecule has 0 bridgehead atoms. The van der Waals surface area contributed by atoms with E-state index in [4.69, 9.17) is 9.47 Å². The van der Waals surface area contributed by atoms with Crippen LogP contribution < -0.4 is 10.1 Å². The zero-order valence-corrected chi connectivity index (χ0v) is 16.9. The molecule has 6 nitrogen and oxygen atoms in total. The van der Waals surface area contributed by atoms with E-state index in [-0.39, 0.29) is 24.0 Å². The van der Waals surface area contributed by atoms with Crippen LogP contribution in [-0.2, 0) is 11.3 Å². The van der Waals surface area contributed by atoms with Gasteiger partial charge in [-0.1, -0.05) is 19.4 Å². The molecule has 0 spiro atoms. The molecule has 132 valence electrons. The van der Waals surface area contributed by atoms with Gasteiger partial charge in [-0.25, -0.2) is 4.98 Å². The SMILES string of the molecule is CCCCN(C)C(=NC)NCc1ccc(OCCOC)nc1.I. The van der Waals surface area contributed by atoms with Gasteiger partial charge in [0, 0.05) is 46.6 Å². The second-order valence-electron chi connectivity index (χ2n) is 5.02. The molecule has 0 radical (unpaired) electrons. The molecule has 23 heavy (non-hydrogen) atoms. The Labute approximate surface area is 156 Å². The number of halogens is 1. The number of nitrogens with one attached hydrogen (secondary N) is 1. The van der Waals surface area contributed by atoms with E-state index in [1.165, 1.54) is 6.42 Å². The van der Waals surface area contributed by atoms with Crippen LogP contribution in [0.1, 0.15) is 25.3 Å². The van der Waals surface area contributed by atoms with Crippen LogP contribution in [0, 0.1) is 0 Å². The molecular weight excluding hydrogens is 407 g/mol. The molecule has 0 aromatic carbocycles. The lowest BCUT2D eigenvalue weighted by molar-refractivity contribution is 0.143. The molecule has 0 saturated heterocycles. The zero-order valence-electron chi connectivity index (χ0n) is 14.5. The third-order valence-corrected chi connectivity index (χ3v) is 3.21. The van der Waals surface area contributed by atoms with Crippen molar-refractivity contribution in [1.82, 2.24) is 15.2 Å². The van der Waals surface area contributed by atoms with E-state index in [0.717, 1.165) is 24.5 Å². The van der Waals surface area contributed by atoms with Gasteiger partial charge < -0.3 is 19.7 Å². The fourth-order valence-electron chi connectivity index (χ4n) is 1.90. The van der Waals surface area contributed by atoms with Crippen LogP contribution in [0.25, 0.3) is 0 Å². The minimum Gasteiger partial charge on any atom is -0.475 e. The van der Waals surface area contributed by atoms with Gasteiger partial charge in [-0.3, -0.25) is 4.99 Å². The van der Waals surface area contributed by atoms with Crippen molar-refractivity contribution in [3.8, 4) is 5.88 Å². The quantitative estimate of drug-likeness (QED) is 0.279. The van der Waals surface area contributed by atoms with Crippen LogP contribution >= 0.6 is 24.0 Å². The largest absolute Gasteiger partial charge is 0.475 e. The summed E-state index contributed by atoms with van der Waals surface area (Å²) in [5.41, 5.74) is 1.09. The lowest BCUT2D eigenvalue weighted by Gasteiger charge is -2.21. The molecule has 0 unspecified atom stereocenters. The van der Waals surface area contributed by atoms with Crippen molar-refractivity contribution < 1.29 is 9.47 Å². The fourth-order valence-corrected chi connectivity index (χ4v) is 1.90. The van der Waals surface area contributed by atoms with Gasteiger partial charge in [0.05, 0.1) is 6.61 Å². The summed E-state index contributed by atoms with van der Waals surface area (Å²) in [7, 11) is 5.50. The van der Waals surface area contributed by atoms with E-state index in [9.17, 15) is 0 Å². The number of ether oxygens (including phenoxy) is 2. The Hall–Kier alpha value is -1.09. The summed E-state index contributed by atoms with van der Waals surface area (Å²) in [4.78, 5) is 10.7. The maximum absolute atomic E-state index is 5.44. The van der Waals surface area contributed by atoms with Crippen molar-refractivity contribution in [2.75, 3.05) is 41.0 Å². The third kappa shape index (κ3) is 8.95. The number of rotatable bonds is 9. The van der Waals surface area contributed by atoms with E-state index < -0.39 is 0 Å². The van der Waals surface area contributed by atoms with E-state index in [0.29, 0.717) is 25.6 Å². The highest BCUT2D eigenvalue weighted by molar-refractivity contribution is 14.0. The topological polar surface area (TPSA) is 59.0 Å². The minimum atomic E-state index is 0. The van der Waals surface area contributed by atoms with Gasteiger partial charge in [0.1, 0.15) is 6.61 Å². The number of guanidine groups is 1. The summed E-state index contributed by atoms with van der Waals surface area (Å²) in [6, 6.07) is 3.87. The molecule has 1 rings (SSSR count). The number of pyridine rings is 1. The first-order valence-corrected chi connectivity index (χ1v) is 7.69. The van der Waals surface area contributed by atoms with Crippen LogP contribution in [0.15, 0.2) is 23.3 Å². The number of hydrogen-bond acceptors (Lipinski definition) is 4. The van der Waals surface area contributed by atoms with Crippen molar-refractivity contribution in [3.63, 3.8) is 0 Å². The molecule has 0 aliphatic carbocycles. The molecule has 0 fully saturated rings. The average Bonchev–Trinajstić information content (AvgIpc) is 2.55. The first-order chi connectivity index (χ1) is 10.7. The van der Waals surface area contributed by atoms with Crippen molar-refractivity contribution in [2.24, 2.45) is 4.99 Å². The molecule has 0 aliphatic rings. The molecule has 0 aliphatic heterocycles. The number of aliphatic imine (C=N–C) groups is 1. The Morgan fingerprint density at radius 2 is 2.13 bits per heavy atom. The van der Waals surface area contributed by atoms with Crippen molar-refractivity contribution >= 4 is 29.9 Å². The summed E-state index contributed by atoms with van der Waals surface area (Å²) < 4.78 is 10.4. The third-order valence-electron chi connectivity index (χ3n) is 3.21. The van der Waals surface area contributed by atoms with E-state index in [1.54, 1.807) is 14.2 Å². The van der Waals surface area contributed by atoms with Crippen molar-refractivity contribution in [3.05, 3.63) is 23.9 Å². The molecule has 7 heteroatoms. The Balaban J connectivity index is 0.00000484. The van der Waals surface area contributed by atoms with E-state index >= 15 is 0 Å². The second-order valence-corrected chi connectivity index (χ2v) is 5.02. The maximum Gasteiger partial charge on any atom is 0.213 e. The Kier molecular flexibility index (Phi) is 12.7. The van der Waals surface area contributed by atoms with Gasteiger partial charge in [-0.2, -0.15) is 0 Å². The smallest absolute Gasteiger partial charge is 0.213 e. The van der Waals surface area contributed by atoms with Crippen molar-refractivity contribution in [2.45, 2.75) is 26.3 Å². The van der Waals surface area contributed by atoms with Crippen LogP contribution in [0.5, 0.6) is 5.88 Å². The molecule has 0 saturated carbocycles. The molecule has 1 heterocycles. The maximum atomic E-state index is 5.44. The molecule has 1 N–H and O–H groups in total. The first kappa shape index (κ1) is 21.9.